The van der Waals surface area contributed by atoms with E-state index in [4.69, 9.17) is 9.52 Å². The molecule has 0 saturated heterocycles. The van der Waals surface area contributed by atoms with Crippen LogP contribution >= 0.6 is 0 Å². The molecule has 152 valence electrons. The summed E-state index contributed by atoms with van der Waals surface area (Å²) >= 11 is 0. The lowest BCUT2D eigenvalue weighted by Crippen LogP contribution is -2.52. The second-order valence-electron chi connectivity index (χ2n) is 5.96. The van der Waals surface area contributed by atoms with Gasteiger partial charge in [0.05, 0.1) is 12.8 Å². The molecule has 0 radical (unpaired) electrons. The summed E-state index contributed by atoms with van der Waals surface area (Å²) in [6.45, 7) is 2.47. The highest BCUT2D eigenvalue weighted by atomic mass is 16.4. The van der Waals surface area contributed by atoms with E-state index in [1.807, 2.05) is 6.07 Å². The molecule has 0 unspecified atom stereocenters. The Morgan fingerprint density at radius 1 is 1.07 bits per heavy atom. The van der Waals surface area contributed by atoms with Crippen molar-refractivity contribution < 1.29 is 28.7 Å². The Balaban J connectivity index is 2.22. The van der Waals surface area contributed by atoms with Crippen molar-refractivity contribution in [3.63, 3.8) is 0 Å². The number of nitrogens with one attached hydrogen (secondary N) is 2. The Labute approximate surface area is 167 Å². The van der Waals surface area contributed by atoms with Gasteiger partial charge in [0.2, 0.25) is 17.7 Å². The minimum Gasteiger partial charge on any atom is -0.480 e. The van der Waals surface area contributed by atoms with Gasteiger partial charge in [0.1, 0.15) is 12.6 Å². The number of anilines is 1. The summed E-state index contributed by atoms with van der Waals surface area (Å²) in [5.74, 6) is -2.87. The van der Waals surface area contributed by atoms with E-state index in [9.17, 15) is 19.2 Å². The molecule has 1 heterocycles. The van der Waals surface area contributed by atoms with E-state index in [-0.39, 0.29) is 12.3 Å². The SMILES string of the molecule is C=CC(=O)N(c1ccco1)[C@@H](Cc1ccccc1)C(=O)NCC(=O)NCC(=O)O. The quantitative estimate of drug-likeness (QED) is 0.505. The minimum atomic E-state index is -1.20. The lowest BCUT2D eigenvalue weighted by atomic mass is 10.0. The van der Waals surface area contributed by atoms with Crippen molar-refractivity contribution in [3.8, 4) is 0 Å². The first-order valence-corrected chi connectivity index (χ1v) is 8.71. The fourth-order valence-electron chi connectivity index (χ4n) is 2.58. The van der Waals surface area contributed by atoms with Crippen molar-refractivity contribution in [2.45, 2.75) is 12.5 Å². The van der Waals surface area contributed by atoms with Gasteiger partial charge in [-0.05, 0) is 17.7 Å². The van der Waals surface area contributed by atoms with Gasteiger partial charge in [-0.2, -0.15) is 0 Å². The van der Waals surface area contributed by atoms with Crippen LogP contribution in [-0.2, 0) is 25.6 Å². The molecule has 0 aliphatic rings. The summed E-state index contributed by atoms with van der Waals surface area (Å²) in [4.78, 5) is 48.7. The van der Waals surface area contributed by atoms with Gasteiger partial charge in [0.25, 0.3) is 5.91 Å². The van der Waals surface area contributed by atoms with Crippen LogP contribution in [0.3, 0.4) is 0 Å². The molecule has 3 N–H and O–H groups in total. The average Bonchev–Trinajstić information content (AvgIpc) is 3.24. The molecule has 0 spiro atoms. The zero-order valence-corrected chi connectivity index (χ0v) is 15.5. The number of hydrogen-bond donors (Lipinski definition) is 3. The molecule has 0 aliphatic carbocycles. The van der Waals surface area contributed by atoms with Gasteiger partial charge in [-0.15, -0.1) is 0 Å². The van der Waals surface area contributed by atoms with Crippen LogP contribution in [0.15, 0.2) is 65.8 Å². The molecule has 3 amide bonds. The molecule has 0 saturated carbocycles. The predicted molar refractivity (Wildman–Crippen MR) is 104 cm³/mol. The summed E-state index contributed by atoms with van der Waals surface area (Å²) in [6, 6.07) is 11.1. The number of hydrogen-bond acceptors (Lipinski definition) is 5. The van der Waals surface area contributed by atoms with Gasteiger partial charge >= 0.3 is 5.97 Å². The highest BCUT2D eigenvalue weighted by Crippen LogP contribution is 2.21. The van der Waals surface area contributed by atoms with E-state index in [1.54, 1.807) is 30.3 Å². The smallest absolute Gasteiger partial charge is 0.322 e. The lowest BCUT2D eigenvalue weighted by Gasteiger charge is -2.28. The minimum absolute atomic E-state index is 0.154. The van der Waals surface area contributed by atoms with Crippen LogP contribution in [0.1, 0.15) is 5.56 Å². The maximum atomic E-state index is 12.9. The third-order valence-electron chi connectivity index (χ3n) is 3.90. The number of furan rings is 1. The molecule has 1 atom stereocenters. The molecular weight excluding hydrogens is 378 g/mol. The van der Waals surface area contributed by atoms with Crippen LogP contribution in [-0.4, -0.2) is 47.9 Å². The monoisotopic (exact) mass is 399 g/mol. The lowest BCUT2D eigenvalue weighted by molar-refractivity contribution is -0.137. The summed E-state index contributed by atoms with van der Waals surface area (Å²) in [7, 11) is 0. The molecule has 2 aromatic rings. The van der Waals surface area contributed by atoms with Crippen molar-refractivity contribution in [2.24, 2.45) is 0 Å². The number of nitrogens with zero attached hydrogens (tertiary/aromatic N) is 1. The van der Waals surface area contributed by atoms with E-state index < -0.39 is 42.8 Å². The Bertz CT molecular complexity index is 864. The first-order valence-electron chi connectivity index (χ1n) is 8.71. The Morgan fingerprint density at radius 3 is 2.38 bits per heavy atom. The zero-order valence-electron chi connectivity index (χ0n) is 15.5. The third-order valence-corrected chi connectivity index (χ3v) is 3.90. The number of carboxylic acids is 1. The highest BCUT2D eigenvalue weighted by Gasteiger charge is 2.32. The summed E-state index contributed by atoms with van der Waals surface area (Å²) in [5, 5.41) is 13.2. The topological polar surface area (TPSA) is 129 Å². The Morgan fingerprint density at radius 2 is 1.79 bits per heavy atom. The van der Waals surface area contributed by atoms with E-state index in [1.165, 1.54) is 12.3 Å². The second kappa shape index (κ2) is 10.5. The van der Waals surface area contributed by atoms with Crippen LogP contribution in [0.5, 0.6) is 0 Å². The van der Waals surface area contributed by atoms with Crippen LogP contribution in [0.2, 0.25) is 0 Å². The van der Waals surface area contributed by atoms with Crippen molar-refractivity contribution in [1.29, 1.82) is 0 Å². The molecule has 0 fully saturated rings. The second-order valence-corrected chi connectivity index (χ2v) is 5.96. The van der Waals surface area contributed by atoms with Gasteiger partial charge < -0.3 is 20.2 Å². The van der Waals surface area contributed by atoms with Crippen molar-refractivity contribution in [1.82, 2.24) is 10.6 Å². The zero-order chi connectivity index (χ0) is 21.2. The van der Waals surface area contributed by atoms with Crippen LogP contribution < -0.4 is 15.5 Å². The number of benzene rings is 1. The summed E-state index contributed by atoms with van der Waals surface area (Å²) < 4.78 is 5.31. The van der Waals surface area contributed by atoms with Crippen LogP contribution in [0.4, 0.5) is 5.88 Å². The number of rotatable bonds is 10. The molecule has 1 aromatic carbocycles. The van der Waals surface area contributed by atoms with E-state index in [0.717, 1.165) is 16.5 Å². The predicted octanol–water partition coefficient (Wildman–Crippen LogP) is 0.727. The molecule has 0 aliphatic heterocycles. The molecule has 0 bridgehead atoms. The molecule has 2 rings (SSSR count). The normalized spacial score (nSPS) is 11.2. The standard InChI is InChI=1S/C20H21N3O6/c1-2-17(25)23(18-9-6-10-29-18)15(11-14-7-4-3-5-8-14)20(28)22-12-16(24)21-13-19(26)27/h2-10,15H,1,11-13H2,(H,21,24)(H,22,28)(H,26,27)/t15-/m0/s1. The molecule has 29 heavy (non-hydrogen) atoms. The van der Waals surface area contributed by atoms with Crippen LogP contribution in [0, 0.1) is 0 Å². The summed E-state index contributed by atoms with van der Waals surface area (Å²) in [5.41, 5.74) is 0.788. The van der Waals surface area contributed by atoms with Gasteiger partial charge in [0.15, 0.2) is 0 Å². The van der Waals surface area contributed by atoms with Crippen molar-refractivity contribution in [2.75, 3.05) is 18.0 Å². The molecule has 9 nitrogen and oxygen atoms in total. The largest absolute Gasteiger partial charge is 0.480 e. The van der Waals surface area contributed by atoms with Crippen LogP contribution in [0.25, 0.3) is 0 Å². The maximum Gasteiger partial charge on any atom is 0.322 e. The fraction of sp³-hybridized carbons (Fsp3) is 0.200. The number of carboxylic acid groups (broad SMARTS) is 1. The third kappa shape index (κ3) is 6.35. The molecule has 1 aromatic heterocycles. The first-order chi connectivity index (χ1) is 13.9. The maximum absolute atomic E-state index is 12.9. The van der Waals surface area contributed by atoms with Gasteiger partial charge in [0, 0.05) is 12.5 Å². The van der Waals surface area contributed by atoms with Gasteiger partial charge in [-0.3, -0.25) is 24.1 Å². The Kier molecular flexibility index (Phi) is 7.72. The Hall–Kier alpha value is -3.88. The average molecular weight is 399 g/mol. The van der Waals surface area contributed by atoms with E-state index in [0.29, 0.717) is 0 Å². The van der Waals surface area contributed by atoms with Crippen molar-refractivity contribution in [3.05, 3.63) is 66.9 Å². The van der Waals surface area contributed by atoms with E-state index >= 15 is 0 Å². The number of aliphatic carboxylic acids is 1. The van der Waals surface area contributed by atoms with Crippen molar-refractivity contribution >= 4 is 29.6 Å². The molecular formula is C20H21N3O6. The van der Waals surface area contributed by atoms with Gasteiger partial charge in [-0.25, -0.2) is 0 Å². The van der Waals surface area contributed by atoms with E-state index in [2.05, 4.69) is 17.2 Å². The number of carbonyl (C=O) groups is 4. The fourth-order valence-corrected chi connectivity index (χ4v) is 2.58. The van der Waals surface area contributed by atoms with Gasteiger partial charge in [-0.1, -0.05) is 36.9 Å². The highest BCUT2D eigenvalue weighted by molar-refractivity contribution is 6.05. The molecule has 9 heteroatoms. The number of amides is 3. The summed E-state index contributed by atoms with van der Waals surface area (Å²) in [6.07, 6.45) is 2.59. The first kappa shape index (κ1) is 21.4. The number of carbonyl (C=O) groups excluding carboxylic acids is 3.